The van der Waals surface area contributed by atoms with Gasteiger partial charge < -0.3 is 0 Å². The van der Waals surface area contributed by atoms with Crippen molar-refractivity contribution in [3.05, 3.63) is 56.7 Å². The van der Waals surface area contributed by atoms with Crippen LogP contribution in [0, 0.1) is 0 Å². The maximum atomic E-state index is 12.2. The van der Waals surface area contributed by atoms with E-state index in [1.807, 2.05) is 56.2 Å². The number of imidazole rings is 1. The highest BCUT2D eigenvalue weighted by atomic mass is 32.2. The van der Waals surface area contributed by atoms with Crippen molar-refractivity contribution in [1.29, 1.82) is 0 Å². The molecule has 23 heavy (non-hydrogen) atoms. The molecule has 0 atom stereocenters. The zero-order valence-electron chi connectivity index (χ0n) is 13.2. The third-order valence-electron chi connectivity index (χ3n) is 3.31. The minimum Gasteiger partial charge on any atom is -0.290 e. The molecule has 0 aliphatic heterocycles. The second-order valence-electron chi connectivity index (χ2n) is 6.03. The zero-order valence-corrected chi connectivity index (χ0v) is 14.0. The lowest BCUT2D eigenvalue weighted by Crippen LogP contribution is -2.48. The third-order valence-corrected chi connectivity index (χ3v) is 4.31. The standard InChI is InChI=1S/C15H17N5O2S/c1-20(2,3)19-11-12(16-14(22)18-13(11)21)17-15(19)23-9-10-7-5-4-6-8-10/h4-8H,9H2,1-3H3,(H-,16,18,21,22)/p+1. The Hall–Kier alpha value is -2.32. The summed E-state index contributed by atoms with van der Waals surface area (Å²) >= 11 is 1.53. The van der Waals surface area contributed by atoms with Crippen LogP contribution < -0.4 is 15.8 Å². The fourth-order valence-electron chi connectivity index (χ4n) is 2.36. The number of aromatic nitrogens is 4. The van der Waals surface area contributed by atoms with Crippen molar-refractivity contribution in [2.45, 2.75) is 10.9 Å². The first-order chi connectivity index (χ1) is 10.9. The van der Waals surface area contributed by atoms with Gasteiger partial charge in [0, 0.05) is 5.75 Å². The lowest BCUT2D eigenvalue weighted by Gasteiger charge is -2.25. The smallest absolute Gasteiger partial charge is 0.290 e. The minimum atomic E-state index is -0.548. The summed E-state index contributed by atoms with van der Waals surface area (Å²) in [7, 11) is 5.83. The van der Waals surface area contributed by atoms with Crippen molar-refractivity contribution in [2.24, 2.45) is 0 Å². The molecule has 0 aliphatic rings. The van der Waals surface area contributed by atoms with Crippen molar-refractivity contribution < 1.29 is 0 Å². The van der Waals surface area contributed by atoms with Gasteiger partial charge in [0.1, 0.15) is 0 Å². The quantitative estimate of drug-likeness (QED) is 0.552. The summed E-state index contributed by atoms with van der Waals surface area (Å²) in [6.45, 7) is 0. The van der Waals surface area contributed by atoms with Gasteiger partial charge in [-0.3, -0.25) is 14.8 Å². The van der Waals surface area contributed by atoms with Crippen LogP contribution in [-0.4, -0.2) is 40.8 Å². The van der Waals surface area contributed by atoms with Gasteiger partial charge in [0.15, 0.2) is 5.65 Å². The van der Waals surface area contributed by atoms with Gasteiger partial charge in [-0.15, -0.1) is 0 Å². The maximum absolute atomic E-state index is 12.2. The van der Waals surface area contributed by atoms with Crippen LogP contribution in [0.1, 0.15) is 5.56 Å². The highest BCUT2D eigenvalue weighted by molar-refractivity contribution is 7.98. The molecule has 0 unspecified atom stereocenters. The summed E-state index contributed by atoms with van der Waals surface area (Å²) < 4.78 is 2.18. The van der Waals surface area contributed by atoms with Crippen LogP contribution in [-0.2, 0) is 5.75 Å². The van der Waals surface area contributed by atoms with E-state index in [2.05, 4.69) is 15.0 Å². The average molecular weight is 332 g/mol. The lowest BCUT2D eigenvalue weighted by molar-refractivity contribution is 0.245. The lowest BCUT2D eigenvalue weighted by atomic mass is 10.2. The highest BCUT2D eigenvalue weighted by Crippen LogP contribution is 2.25. The van der Waals surface area contributed by atoms with E-state index in [4.69, 9.17) is 0 Å². The summed E-state index contributed by atoms with van der Waals surface area (Å²) in [6, 6.07) is 10.0. The molecule has 0 radical (unpaired) electrons. The average Bonchev–Trinajstić information content (AvgIpc) is 2.85. The first kappa shape index (κ1) is 15.6. The van der Waals surface area contributed by atoms with Crippen molar-refractivity contribution in [3.63, 3.8) is 0 Å². The molecule has 0 fully saturated rings. The Morgan fingerprint density at radius 2 is 1.83 bits per heavy atom. The summed E-state index contributed by atoms with van der Waals surface area (Å²) in [4.78, 5) is 33.0. The number of hydrogen-bond donors (Lipinski definition) is 2. The maximum Gasteiger partial charge on any atom is 0.327 e. The van der Waals surface area contributed by atoms with E-state index in [-0.39, 0.29) is 0 Å². The van der Waals surface area contributed by atoms with Gasteiger partial charge in [0.2, 0.25) is 10.7 Å². The molecular formula is C15H18N5O2S+. The van der Waals surface area contributed by atoms with Crippen molar-refractivity contribution in [1.82, 2.24) is 24.2 Å². The Bertz CT molecular complexity index is 950. The predicted molar refractivity (Wildman–Crippen MR) is 92.3 cm³/mol. The number of H-pyrrole nitrogens is 2. The van der Waals surface area contributed by atoms with Crippen LogP contribution in [0.2, 0.25) is 0 Å². The number of fused-ring (bicyclic) bond motifs is 1. The predicted octanol–water partition coefficient (Wildman–Crippen LogP) is 1.03. The van der Waals surface area contributed by atoms with Gasteiger partial charge in [-0.2, -0.15) is 9.66 Å². The first-order valence-corrected chi connectivity index (χ1v) is 8.09. The van der Waals surface area contributed by atoms with E-state index < -0.39 is 11.2 Å². The normalized spacial score (nSPS) is 12.0. The third kappa shape index (κ3) is 3.08. The van der Waals surface area contributed by atoms with Crippen LogP contribution in [0.4, 0.5) is 0 Å². The van der Waals surface area contributed by atoms with Crippen LogP contribution in [0.25, 0.3) is 11.2 Å². The molecule has 8 heteroatoms. The topological polar surface area (TPSA) is 83.5 Å². The van der Waals surface area contributed by atoms with Crippen LogP contribution in [0.5, 0.6) is 0 Å². The largest absolute Gasteiger partial charge is 0.327 e. The molecule has 2 N–H and O–H groups in total. The summed E-state index contributed by atoms with van der Waals surface area (Å²) in [6.07, 6.45) is 0. The molecule has 3 aromatic rings. The summed E-state index contributed by atoms with van der Waals surface area (Å²) in [5.74, 6) is 0.728. The van der Waals surface area contributed by atoms with E-state index >= 15 is 0 Å². The van der Waals surface area contributed by atoms with E-state index in [0.29, 0.717) is 20.9 Å². The number of aromatic amines is 2. The van der Waals surface area contributed by atoms with Gasteiger partial charge in [0.25, 0.3) is 5.56 Å². The molecule has 7 nitrogen and oxygen atoms in total. The van der Waals surface area contributed by atoms with E-state index in [1.165, 1.54) is 17.3 Å². The molecule has 0 bridgehead atoms. The SMILES string of the molecule is C[N+](C)(C)n1c(SCc2ccccc2)nc2[nH]c(=O)[nH]c(=O)c21. The molecule has 3 rings (SSSR count). The second kappa shape index (κ2) is 5.71. The molecule has 1 aromatic carbocycles. The van der Waals surface area contributed by atoms with Crippen LogP contribution >= 0.6 is 11.8 Å². The Morgan fingerprint density at radius 1 is 1.13 bits per heavy atom. The molecule has 0 aliphatic carbocycles. The monoisotopic (exact) mass is 332 g/mol. The minimum absolute atomic E-state index is 0.308. The summed E-state index contributed by atoms with van der Waals surface area (Å²) in [5.41, 5.74) is 0.860. The van der Waals surface area contributed by atoms with E-state index in [1.54, 1.807) is 0 Å². The Kier molecular flexibility index (Phi) is 3.87. The number of benzene rings is 1. The molecule has 120 valence electrons. The number of nitrogens with one attached hydrogen (secondary N) is 2. The van der Waals surface area contributed by atoms with Gasteiger partial charge >= 0.3 is 5.69 Å². The van der Waals surface area contributed by atoms with E-state index in [0.717, 1.165) is 5.75 Å². The fourth-order valence-corrected chi connectivity index (χ4v) is 3.46. The van der Waals surface area contributed by atoms with Gasteiger partial charge in [0.05, 0.1) is 21.1 Å². The van der Waals surface area contributed by atoms with Gasteiger partial charge in [-0.1, -0.05) is 42.1 Å². The molecular weight excluding hydrogens is 314 g/mol. The van der Waals surface area contributed by atoms with E-state index in [9.17, 15) is 9.59 Å². The molecule has 0 spiro atoms. The molecule has 0 saturated heterocycles. The fraction of sp³-hybridized carbons (Fsp3) is 0.267. The number of thioether (sulfide) groups is 1. The highest BCUT2D eigenvalue weighted by Gasteiger charge is 2.25. The van der Waals surface area contributed by atoms with Crippen LogP contribution in [0.15, 0.2) is 45.1 Å². The molecule has 2 heterocycles. The Balaban J connectivity index is 2.11. The summed E-state index contributed by atoms with van der Waals surface area (Å²) in [5, 5.41) is 0.684. The zero-order chi connectivity index (χ0) is 16.6. The number of quaternary nitrogens is 1. The molecule has 0 amide bonds. The van der Waals surface area contributed by atoms with Crippen molar-refractivity contribution in [2.75, 3.05) is 21.1 Å². The van der Waals surface area contributed by atoms with Crippen molar-refractivity contribution >= 4 is 22.9 Å². The molecule has 0 saturated carbocycles. The Morgan fingerprint density at radius 3 is 2.48 bits per heavy atom. The van der Waals surface area contributed by atoms with Gasteiger partial charge in [-0.05, 0) is 5.56 Å². The first-order valence-electron chi connectivity index (χ1n) is 7.10. The second-order valence-corrected chi connectivity index (χ2v) is 6.97. The van der Waals surface area contributed by atoms with Crippen LogP contribution in [0.3, 0.4) is 0 Å². The number of hydrogen-bond acceptors (Lipinski definition) is 4. The van der Waals surface area contributed by atoms with Gasteiger partial charge in [-0.25, -0.2) is 9.39 Å². The number of rotatable bonds is 4. The van der Waals surface area contributed by atoms with Crippen molar-refractivity contribution in [3.8, 4) is 0 Å². The number of nitrogens with zero attached hydrogens (tertiary/aromatic N) is 3. The molecule has 2 aromatic heterocycles. The Labute approximate surface area is 136 Å².